The molecule has 1 fully saturated rings. The van der Waals surface area contributed by atoms with E-state index in [1.165, 1.54) is 18.4 Å². The molecule has 0 heterocycles. The van der Waals surface area contributed by atoms with Gasteiger partial charge in [0.1, 0.15) is 0 Å². The fourth-order valence-corrected chi connectivity index (χ4v) is 2.45. The van der Waals surface area contributed by atoms with Crippen molar-refractivity contribution in [3.63, 3.8) is 0 Å². The summed E-state index contributed by atoms with van der Waals surface area (Å²) in [5.41, 5.74) is 1.56. The SMILES string of the molecule is CN=C(NCC1(c2cccc(Cl)c2)CC1)NC(C)C. The van der Waals surface area contributed by atoms with Crippen LogP contribution in [0.3, 0.4) is 0 Å². The number of hydrogen-bond donors (Lipinski definition) is 2. The Balaban J connectivity index is 1.99. The predicted octanol–water partition coefficient (Wildman–Crippen LogP) is 2.95. The van der Waals surface area contributed by atoms with Crippen molar-refractivity contribution in [1.29, 1.82) is 0 Å². The summed E-state index contributed by atoms with van der Waals surface area (Å²) in [5, 5.41) is 7.54. The van der Waals surface area contributed by atoms with Crippen molar-refractivity contribution >= 4 is 17.6 Å². The van der Waals surface area contributed by atoms with Crippen molar-refractivity contribution in [2.24, 2.45) is 4.99 Å². The zero-order valence-corrected chi connectivity index (χ0v) is 12.6. The Morgan fingerprint density at radius 2 is 2.16 bits per heavy atom. The number of rotatable bonds is 4. The monoisotopic (exact) mass is 279 g/mol. The molecule has 0 aliphatic heterocycles. The van der Waals surface area contributed by atoms with Gasteiger partial charge in [0.2, 0.25) is 0 Å². The summed E-state index contributed by atoms with van der Waals surface area (Å²) >= 11 is 6.08. The second-order valence-corrected chi connectivity index (χ2v) is 5.95. The van der Waals surface area contributed by atoms with E-state index in [9.17, 15) is 0 Å². The standard InChI is InChI=1S/C15H22ClN3/c1-11(2)19-14(17-3)18-10-15(7-8-15)12-5-4-6-13(16)9-12/h4-6,9,11H,7-8,10H2,1-3H3,(H2,17,18,19). The van der Waals surface area contributed by atoms with Gasteiger partial charge in [-0.05, 0) is 44.4 Å². The van der Waals surface area contributed by atoms with Crippen molar-refractivity contribution < 1.29 is 0 Å². The van der Waals surface area contributed by atoms with Gasteiger partial charge < -0.3 is 10.6 Å². The summed E-state index contributed by atoms with van der Waals surface area (Å²) in [5.74, 6) is 0.864. The van der Waals surface area contributed by atoms with E-state index in [-0.39, 0.29) is 5.41 Å². The summed E-state index contributed by atoms with van der Waals surface area (Å²) in [6.07, 6.45) is 2.41. The molecule has 104 valence electrons. The minimum Gasteiger partial charge on any atom is -0.356 e. The Hall–Kier alpha value is -1.22. The maximum atomic E-state index is 6.08. The van der Waals surface area contributed by atoms with E-state index in [0.29, 0.717) is 6.04 Å². The summed E-state index contributed by atoms with van der Waals surface area (Å²) in [6.45, 7) is 5.12. The van der Waals surface area contributed by atoms with Gasteiger partial charge in [-0.15, -0.1) is 0 Å². The number of aliphatic imine (C=N–C) groups is 1. The van der Waals surface area contributed by atoms with E-state index in [1.54, 1.807) is 7.05 Å². The molecular weight excluding hydrogens is 258 g/mol. The molecule has 0 spiro atoms. The molecule has 0 aromatic heterocycles. The molecule has 2 N–H and O–H groups in total. The lowest BCUT2D eigenvalue weighted by Crippen LogP contribution is -2.43. The molecule has 1 aromatic rings. The number of hydrogen-bond acceptors (Lipinski definition) is 1. The number of halogens is 1. The quantitative estimate of drug-likeness (QED) is 0.657. The fraction of sp³-hybridized carbons (Fsp3) is 0.533. The van der Waals surface area contributed by atoms with Gasteiger partial charge in [-0.1, -0.05) is 23.7 Å². The minimum absolute atomic E-state index is 0.236. The van der Waals surface area contributed by atoms with Crippen LogP contribution in [0.15, 0.2) is 29.3 Å². The van der Waals surface area contributed by atoms with Crippen LogP contribution in [0.25, 0.3) is 0 Å². The molecule has 0 unspecified atom stereocenters. The average Bonchev–Trinajstić information content (AvgIpc) is 3.15. The van der Waals surface area contributed by atoms with Gasteiger partial charge in [0.15, 0.2) is 5.96 Å². The summed E-state index contributed by atoms with van der Waals surface area (Å²) < 4.78 is 0. The number of nitrogens with zero attached hydrogens (tertiary/aromatic N) is 1. The van der Waals surface area contributed by atoms with Gasteiger partial charge in [-0.2, -0.15) is 0 Å². The van der Waals surface area contributed by atoms with Crippen molar-refractivity contribution in [3.8, 4) is 0 Å². The average molecular weight is 280 g/mol. The summed E-state index contributed by atoms with van der Waals surface area (Å²) in [6, 6.07) is 8.58. The van der Waals surface area contributed by atoms with E-state index in [2.05, 4.69) is 41.6 Å². The van der Waals surface area contributed by atoms with E-state index in [0.717, 1.165) is 17.5 Å². The first-order chi connectivity index (χ1) is 9.05. The highest BCUT2D eigenvalue weighted by Gasteiger charge is 2.44. The Labute approximate surface area is 120 Å². The molecule has 1 aliphatic carbocycles. The van der Waals surface area contributed by atoms with Gasteiger partial charge >= 0.3 is 0 Å². The molecule has 0 saturated heterocycles. The maximum absolute atomic E-state index is 6.08. The lowest BCUT2D eigenvalue weighted by Gasteiger charge is -2.20. The zero-order valence-electron chi connectivity index (χ0n) is 11.8. The Morgan fingerprint density at radius 3 is 2.68 bits per heavy atom. The molecule has 19 heavy (non-hydrogen) atoms. The van der Waals surface area contributed by atoms with Crippen molar-refractivity contribution in [1.82, 2.24) is 10.6 Å². The summed E-state index contributed by atoms with van der Waals surface area (Å²) in [4.78, 5) is 4.24. The molecular formula is C15H22ClN3. The summed E-state index contributed by atoms with van der Waals surface area (Å²) in [7, 11) is 1.80. The first-order valence-corrected chi connectivity index (χ1v) is 7.17. The third-order valence-electron chi connectivity index (χ3n) is 3.53. The molecule has 3 nitrogen and oxygen atoms in total. The molecule has 0 bridgehead atoms. The molecule has 0 radical (unpaired) electrons. The molecule has 2 rings (SSSR count). The van der Waals surface area contributed by atoms with Crippen LogP contribution >= 0.6 is 11.6 Å². The first kappa shape index (κ1) is 14.2. The lowest BCUT2D eigenvalue weighted by atomic mass is 9.96. The number of guanidine groups is 1. The fourth-order valence-electron chi connectivity index (χ4n) is 2.26. The Kier molecular flexibility index (Phi) is 4.35. The highest BCUT2D eigenvalue weighted by molar-refractivity contribution is 6.30. The molecule has 0 amide bonds. The third kappa shape index (κ3) is 3.63. The van der Waals surface area contributed by atoms with E-state index in [4.69, 9.17) is 11.6 Å². The molecule has 4 heteroatoms. The van der Waals surface area contributed by atoms with Gasteiger partial charge in [-0.25, -0.2) is 0 Å². The highest BCUT2D eigenvalue weighted by atomic mass is 35.5. The van der Waals surface area contributed by atoms with Gasteiger partial charge in [0.25, 0.3) is 0 Å². The van der Waals surface area contributed by atoms with Crippen molar-refractivity contribution in [2.45, 2.75) is 38.1 Å². The maximum Gasteiger partial charge on any atom is 0.191 e. The lowest BCUT2D eigenvalue weighted by molar-refractivity contribution is 0.630. The van der Waals surface area contributed by atoms with Crippen LogP contribution < -0.4 is 10.6 Å². The van der Waals surface area contributed by atoms with Crippen LogP contribution in [0.1, 0.15) is 32.3 Å². The van der Waals surface area contributed by atoms with Crippen molar-refractivity contribution in [2.75, 3.05) is 13.6 Å². The largest absolute Gasteiger partial charge is 0.356 e. The molecule has 0 atom stereocenters. The second-order valence-electron chi connectivity index (χ2n) is 5.52. The first-order valence-electron chi connectivity index (χ1n) is 6.79. The number of benzene rings is 1. The molecule has 1 aliphatic rings. The minimum atomic E-state index is 0.236. The highest BCUT2D eigenvalue weighted by Crippen LogP contribution is 2.48. The van der Waals surface area contributed by atoms with Gasteiger partial charge in [0.05, 0.1) is 0 Å². The second kappa shape index (κ2) is 5.83. The Bertz CT molecular complexity index is 464. The molecule has 1 saturated carbocycles. The Morgan fingerprint density at radius 1 is 1.42 bits per heavy atom. The van der Waals surface area contributed by atoms with E-state index in [1.807, 2.05) is 12.1 Å². The van der Waals surface area contributed by atoms with Crippen LogP contribution in [0.4, 0.5) is 0 Å². The van der Waals surface area contributed by atoms with Crippen LogP contribution in [0.2, 0.25) is 5.02 Å². The van der Waals surface area contributed by atoms with E-state index < -0.39 is 0 Å². The number of nitrogens with one attached hydrogen (secondary N) is 2. The smallest absolute Gasteiger partial charge is 0.191 e. The van der Waals surface area contributed by atoms with E-state index >= 15 is 0 Å². The van der Waals surface area contributed by atoms with Crippen LogP contribution in [-0.2, 0) is 5.41 Å². The van der Waals surface area contributed by atoms with Crippen LogP contribution in [0, 0.1) is 0 Å². The normalized spacial score (nSPS) is 17.4. The van der Waals surface area contributed by atoms with Crippen LogP contribution in [-0.4, -0.2) is 25.6 Å². The third-order valence-corrected chi connectivity index (χ3v) is 3.77. The van der Waals surface area contributed by atoms with Gasteiger partial charge in [0, 0.05) is 30.1 Å². The van der Waals surface area contributed by atoms with Crippen LogP contribution in [0.5, 0.6) is 0 Å². The molecule has 1 aromatic carbocycles. The predicted molar refractivity (Wildman–Crippen MR) is 82.0 cm³/mol. The van der Waals surface area contributed by atoms with Crippen molar-refractivity contribution in [3.05, 3.63) is 34.9 Å². The topological polar surface area (TPSA) is 36.4 Å². The van der Waals surface area contributed by atoms with Gasteiger partial charge in [-0.3, -0.25) is 4.99 Å². The zero-order chi connectivity index (χ0) is 13.9.